The lowest BCUT2D eigenvalue weighted by Gasteiger charge is -2.20. The van der Waals surface area contributed by atoms with Crippen LogP contribution in [0.1, 0.15) is 0 Å². The molecule has 0 unspecified atom stereocenters. The first-order valence-electron chi connectivity index (χ1n) is 5.25. The van der Waals surface area contributed by atoms with Crippen molar-refractivity contribution >= 4 is 32.5 Å². The van der Waals surface area contributed by atoms with Crippen LogP contribution in [0, 0.1) is 0 Å². The van der Waals surface area contributed by atoms with Crippen LogP contribution in [0.15, 0.2) is 47.3 Å². The number of aromatic nitrogens is 1. The van der Waals surface area contributed by atoms with Crippen molar-refractivity contribution in [2.45, 2.75) is 0 Å². The first kappa shape index (κ1) is 10.6. The van der Waals surface area contributed by atoms with Gasteiger partial charge in [0.1, 0.15) is 0 Å². The Labute approximate surface area is 108 Å². The van der Waals surface area contributed by atoms with Crippen molar-refractivity contribution in [3.05, 3.63) is 47.3 Å². The summed E-state index contributed by atoms with van der Waals surface area (Å²) in [6, 6.07) is 8.18. The molecule has 1 N–H and O–H groups in total. The van der Waals surface area contributed by atoms with Gasteiger partial charge in [0.05, 0.1) is 0 Å². The monoisotopic (exact) mass is 290 g/mol. The second-order valence-corrected chi connectivity index (χ2v) is 4.71. The number of benzene rings is 1. The maximum atomic E-state index is 4.46. The van der Waals surface area contributed by atoms with Gasteiger partial charge in [-0.05, 0) is 15.9 Å². The Balaban J connectivity index is 2.17. The van der Waals surface area contributed by atoms with Crippen LogP contribution >= 0.6 is 15.9 Å². The Morgan fingerprint density at radius 2 is 1.94 bits per heavy atom. The van der Waals surface area contributed by atoms with Crippen molar-refractivity contribution in [1.82, 2.24) is 15.5 Å². The molecule has 0 amide bonds. The Hall–Kier alpha value is -1.59. The summed E-state index contributed by atoms with van der Waals surface area (Å²) >= 11 is 3.52. The van der Waals surface area contributed by atoms with E-state index in [1.165, 1.54) is 0 Å². The van der Waals surface area contributed by atoms with Gasteiger partial charge in [-0.25, -0.2) is 9.99 Å². The predicted molar refractivity (Wildman–Crippen MR) is 72.0 cm³/mol. The maximum absolute atomic E-state index is 4.46. The van der Waals surface area contributed by atoms with E-state index in [0.29, 0.717) is 0 Å². The predicted octanol–water partition coefficient (Wildman–Crippen LogP) is 2.64. The Kier molecular flexibility index (Phi) is 2.49. The first-order chi connectivity index (χ1) is 8.25. The number of rotatable bonds is 1. The molecule has 2 heterocycles. The third-order valence-corrected chi connectivity index (χ3v) is 3.29. The summed E-state index contributed by atoms with van der Waals surface area (Å²) in [7, 11) is 1.94. The summed E-state index contributed by atoms with van der Waals surface area (Å²) in [5.74, 6) is 0.893. The highest BCUT2D eigenvalue weighted by molar-refractivity contribution is 9.10. The van der Waals surface area contributed by atoms with Crippen LogP contribution in [-0.2, 0) is 0 Å². The van der Waals surface area contributed by atoms with E-state index >= 15 is 0 Å². The van der Waals surface area contributed by atoms with Crippen LogP contribution in [0.5, 0.6) is 0 Å². The third-order valence-electron chi connectivity index (χ3n) is 2.66. The molecule has 1 aliphatic heterocycles. The molecule has 17 heavy (non-hydrogen) atoms. The molecule has 0 bridgehead atoms. The molecule has 1 aliphatic rings. The molecule has 0 aliphatic carbocycles. The first-order valence-corrected chi connectivity index (χ1v) is 6.05. The van der Waals surface area contributed by atoms with Crippen molar-refractivity contribution in [3.63, 3.8) is 0 Å². The summed E-state index contributed by atoms with van der Waals surface area (Å²) in [4.78, 5) is 4.46. The number of nitrogens with zero attached hydrogens (tertiary/aromatic N) is 3. The molecule has 1 aromatic carbocycles. The highest BCUT2D eigenvalue weighted by atomic mass is 79.9. The van der Waals surface area contributed by atoms with E-state index in [1.807, 2.05) is 47.8 Å². The zero-order chi connectivity index (χ0) is 11.8. The molecule has 0 spiro atoms. The molecule has 1 aromatic heterocycles. The van der Waals surface area contributed by atoms with Gasteiger partial charge in [0.25, 0.3) is 0 Å². The molecule has 2 aromatic rings. The smallest absolute Gasteiger partial charge is 0.156 e. The Bertz CT molecular complexity index is 596. The molecular formula is C12H11BrN4. The highest BCUT2D eigenvalue weighted by Gasteiger charge is 2.15. The number of nitrogens with one attached hydrogen (secondary N) is 1. The number of anilines is 1. The largest absolute Gasteiger partial charge is 0.299 e. The van der Waals surface area contributed by atoms with Gasteiger partial charge in [0, 0.05) is 40.9 Å². The minimum atomic E-state index is 0.893. The number of halogens is 1. The fourth-order valence-corrected chi connectivity index (χ4v) is 2.30. The molecule has 0 radical (unpaired) electrons. The zero-order valence-electron chi connectivity index (χ0n) is 9.26. The van der Waals surface area contributed by atoms with Crippen LogP contribution in [-0.4, -0.2) is 17.0 Å². The van der Waals surface area contributed by atoms with E-state index in [0.717, 1.165) is 21.1 Å². The summed E-state index contributed by atoms with van der Waals surface area (Å²) in [5.41, 5.74) is 3.16. The summed E-state index contributed by atoms with van der Waals surface area (Å²) in [6.07, 6.45) is 5.71. The van der Waals surface area contributed by atoms with Gasteiger partial charge >= 0.3 is 0 Å². The Morgan fingerprint density at radius 3 is 2.65 bits per heavy atom. The van der Waals surface area contributed by atoms with Gasteiger partial charge in [-0.3, -0.25) is 5.01 Å². The molecule has 86 valence electrons. The van der Waals surface area contributed by atoms with Crippen molar-refractivity contribution in [2.24, 2.45) is 0 Å². The van der Waals surface area contributed by atoms with Crippen LogP contribution in [0.4, 0.5) is 5.82 Å². The van der Waals surface area contributed by atoms with Crippen molar-refractivity contribution in [3.8, 4) is 0 Å². The van der Waals surface area contributed by atoms with E-state index in [2.05, 4.69) is 38.6 Å². The standard InChI is InChI=1S/C12H11BrN4/c1-16-6-7-17(15-16)12-10-5-3-2-4-9(10)11(13)8-14-12/h2-8,15H,1H3. The second-order valence-electron chi connectivity index (χ2n) is 3.85. The molecule has 0 saturated carbocycles. The Morgan fingerprint density at radius 1 is 1.18 bits per heavy atom. The van der Waals surface area contributed by atoms with Gasteiger partial charge in [-0.15, -0.1) is 5.53 Å². The normalized spacial score (nSPS) is 14.9. The molecular weight excluding hydrogens is 280 g/mol. The van der Waals surface area contributed by atoms with E-state index in [1.54, 1.807) is 0 Å². The second kappa shape index (κ2) is 4.01. The number of hydrogen-bond donors (Lipinski definition) is 1. The number of fused-ring (bicyclic) bond motifs is 1. The van der Waals surface area contributed by atoms with Crippen molar-refractivity contribution in [2.75, 3.05) is 12.1 Å². The summed E-state index contributed by atoms with van der Waals surface area (Å²) < 4.78 is 1.01. The SMILES string of the molecule is CN1C=CN(c2ncc(Br)c3ccccc23)N1. The molecule has 0 fully saturated rings. The van der Waals surface area contributed by atoms with E-state index < -0.39 is 0 Å². The van der Waals surface area contributed by atoms with Crippen LogP contribution in [0.25, 0.3) is 10.8 Å². The van der Waals surface area contributed by atoms with Gasteiger partial charge in [-0.2, -0.15) is 0 Å². The van der Waals surface area contributed by atoms with E-state index in [4.69, 9.17) is 0 Å². The van der Waals surface area contributed by atoms with Gasteiger partial charge in [0.2, 0.25) is 0 Å². The lowest BCUT2D eigenvalue weighted by atomic mass is 10.1. The highest BCUT2D eigenvalue weighted by Crippen LogP contribution is 2.30. The summed E-state index contributed by atoms with van der Waals surface area (Å²) in [6.45, 7) is 0. The minimum absolute atomic E-state index is 0.893. The lowest BCUT2D eigenvalue weighted by Crippen LogP contribution is -2.37. The summed E-state index contributed by atoms with van der Waals surface area (Å²) in [5, 5.41) is 6.03. The molecule has 4 nitrogen and oxygen atoms in total. The fraction of sp³-hybridized carbons (Fsp3) is 0.0833. The quantitative estimate of drug-likeness (QED) is 0.875. The topological polar surface area (TPSA) is 31.4 Å². The minimum Gasteiger partial charge on any atom is -0.299 e. The molecule has 0 saturated heterocycles. The zero-order valence-corrected chi connectivity index (χ0v) is 10.8. The number of pyridine rings is 1. The number of hydrazine groups is 2. The van der Waals surface area contributed by atoms with Crippen LogP contribution in [0.2, 0.25) is 0 Å². The van der Waals surface area contributed by atoms with Gasteiger partial charge in [0.15, 0.2) is 5.82 Å². The van der Waals surface area contributed by atoms with Crippen molar-refractivity contribution in [1.29, 1.82) is 0 Å². The average Bonchev–Trinajstić information content (AvgIpc) is 2.77. The molecule has 0 atom stereocenters. The van der Waals surface area contributed by atoms with E-state index in [9.17, 15) is 0 Å². The molecule has 5 heteroatoms. The van der Waals surface area contributed by atoms with Gasteiger partial charge < -0.3 is 0 Å². The van der Waals surface area contributed by atoms with Crippen LogP contribution in [0.3, 0.4) is 0 Å². The van der Waals surface area contributed by atoms with Crippen LogP contribution < -0.4 is 10.5 Å². The number of hydrogen-bond acceptors (Lipinski definition) is 4. The maximum Gasteiger partial charge on any atom is 0.156 e. The lowest BCUT2D eigenvalue weighted by molar-refractivity contribution is 0.358. The fourth-order valence-electron chi connectivity index (χ4n) is 1.86. The van der Waals surface area contributed by atoms with E-state index in [-0.39, 0.29) is 0 Å². The third kappa shape index (κ3) is 1.77. The van der Waals surface area contributed by atoms with Crippen molar-refractivity contribution < 1.29 is 0 Å². The average molecular weight is 291 g/mol. The molecule has 3 rings (SSSR count). The van der Waals surface area contributed by atoms with Gasteiger partial charge in [-0.1, -0.05) is 24.3 Å².